The van der Waals surface area contributed by atoms with E-state index in [-0.39, 0.29) is 5.60 Å². The number of aliphatic hydroxyl groups is 1. The first-order valence-electron chi connectivity index (χ1n) is 4.70. The average Bonchev–Trinajstić information content (AvgIpc) is 2.51. The van der Waals surface area contributed by atoms with E-state index in [2.05, 4.69) is 5.32 Å². The van der Waals surface area contributed by atoms with Crippen molar-refractivity contribution in [1.29, 1.82) is 0 Å². The fraction of sp³-hybridized carbons (Fsp3) is 1.00. The van der Waals surface area contributed by atoms with Crippen LogP contribution in [0.5, 0.6) is 0 Å². The summed E-state index contributed by atoms with van der Waals surface area (Å²) in [4.78, 5) is 0. The molecular formula is C9H15NO. The largest absolute Gasteiger partial charge is 0.389 e. The summed E-state index contributed by atoms with van der Waals surface area (Å²) >= 11 is 0. The Morgan fingerprint density at radius 3 is 2.45 bits per heavy atom. The number of hydrogen-bond donors (Lipinski definition) is 2. The zero-order valence-electron chi connectivity index (χ0n) is 6.77. The quantitative estimate of drug-likeness (QED) is 0.580. The summed E-state index contributed by atoms with van der Waals surface area (Å²) < 4.78 is 0. The SMILES string of the molecule is OC1(C23CCC(C2)NC3)CC1. The van der Waals surface area contributed by atoms with Crippen molar-refractivity contribution < 1.29 is 5.11 Å². The molecule has 2 saturated carbocycles. The molecule has 3 fully saturated rings. The Bertz CT molecular complexity index is 190. The number of nitrogens with one attached hydrogen (secondary N) is 1. The highest BCUT2D eigenvalue weighted by molar-refractivity contribution is 5.16. The molecule has 2 atom stereocenters. The van der Waals surface area contributed by atoms with E-state index in [1.54, 1.807) is 0 Å². The molecule has 3 aliphatic rings. The van der Waals surface area contributed by atoms with Crippen molar-refractivity contribution in [3.63, 3.8) is 0 Å². The maximum Gasteiger partial charge on any atom is 0.0718 e. The molecule has 2 heteroatoms. The molecule has 1 aliphatic heterocycles. The lowest BCUT2D eigenvalue weighted by atomic mass is 9.79. The van der Waals surface area contributed by atoms with Crippen molar-refractivity contribution in [3.8, 4) is 0 Å². The van der Waals surface area contributed by atoms with Crippen LogP contribution in [-0.2, 0) is 0 Å². The lowest BCUT2D eigenvalue weighted by molar-refractivity contribution is 0.0148. The molecule has 3 rings (SSSR count). The Balaban J connectivity index is 1.94. The Kier molecular flexibility index (Phi) is 0.961. The van der Waals surface area contributed by atoms with Crippen molar-refractivity contribution in [2.45, 2.75) is 43.7 Å². The maximum atomic E-state index is 10.1. The van der Waals surface area contributed by atoms with E-state index in [4.69, 9.17) is 0 Å². The van der Waals surface area contributed by atoms with Crippen molar-refractivity contribution in [1.82, 2.24) is 5.32 Å². The zero-order chi connectivity index (χ0) is 7.53. The minimum atomic E-state index is -0.245. The molecule has 0 amide bonds. The maximum absolute atomic E-state index is 10.1. The summed E-state index contributed by atoms with van der Waals surface area (Å²) in [5.74, 6) is 0. The summed E-state index contributed by atoms with van der Waals surface area (Å²) in [7, 11) is 0. The third-order valence-electron chi connectivity index (χ3n) is 4.05. The highest BCUT2D eigenvalue weighted by atomic mass is 16.3. The second-order valence-corrected chi connectivity index (χ2v) is 4.63. The van der Waals surface area contributed by atoms with Crippen LogP contribution in [0.3, 0.4) is 0 Å². The molecule has 2 bridgehead atoms. The summed E-state index contributed by atoms with van der Waals surface area (Å²) in [5.41, 5.74) is 0.0584. The lowest BCUT2D eigenvalue weighted by Gasteiger charge is -2.32. The molecule has 2 unspecified atom stereocenters. The van der Waals surface area contributed by atoms with Crippen LogP contribution < -0.4 is 5.32 Å². The highest BCUT2D eigenvalue weighted by Gasteiger charge is 2.62. The molecule has 62 valence electrons. The molecule has 0 aromatic rings. The Morgan fingerprint density at radius 1 is 1.27 bits per heavy atom. The van der Waals surface area contributed by atoms with Crippen LogP contribution in [0, 0.1) is 5.41 Å². The van der Waals surface area contributed by atoms with Gasteiger partial charge in [-0.1, -0.05) is 0 Å². The van der Waals surface area contributed by atoms with Crippen LogP contribution in [0.2, 0.25) is 0 Å². The second kappa shape index (κ2) is 1.64. The molecule has 0 radical (unpaired) electrons. The Labute approximate surface area is 67.0 Å². The molecular weight excluding hydrogens is 138 g/mol. The van der Waals surface area contributed by atoms with Gasteiger partial charge in [0.1, 0.15) is 0 Å². The first-order valence-corrected chi connectivity index (χ1v) is 4.70. The fourth-order valence-electron chi connectivity index (χ4n) is 3.04. The van der Waals surface area contributed by atoms with E-state index < -0.39 is 0 Å². The van der Waals surface area contributed by atoms with Gasteiger partial charge in [-0.2, -0.15) is 0 Å². The molecule has 0 aromatic carbocycles. The lowest BCUT2D eigenvalue weighted by Crippen LogP contribution is -2.40. The van der Waals surface area contributed by atoms with Gasteiger partial charge in [0, 0.05) is 18.0 Å². The van der Waals surface area contributed by atoms with Crippen LogP contribution in [-0.4, -0.2) is 23.3 Å². The average molecular weight is 153 g/mol. The van der Waals surface area contributed by atoms with Gasteiger partial charge >= 0.3 is 0 Å². The summed E-state index contributed by atoms with van der Waals surface area (Å²) in [6, 6.07) is 0.736. The summed E-state index contributed by atoms with van der Waals surface area (Å²) in [5, 5.41) is 13.5. The van der Waals surface area contributed by atoms with Crippen molar-refractivity contribution in [3.05, 3.63) is 0 Å². The van der Waals surface area contributed by atoms with Crippen LogP contribution >= 0.6 is 0 Å². The number of piperidine rings is 1. The standard InChI is InChI=1S/C9H15NO/c11-9(3-4-9)8-2-1-7(5-8)10-6-8/h7,10-11H,1-6H2. The van der Waals surface area contributed by atoms with Gasteiger partial charge in [-0.05, 0) is 32.1 Å². The third kappa shape index (κ3) is 0.651. The number of rotatable bonds is 1. The van der Waals surface area contributed by atoms with Gasteiger partial charge in [0.25, 0.3) is 0 Å². The highest BCUT2D eigenvalue weighted by Crippen LogP contribution is 2.59. The van der Waals surface area contributed by atoms with Crippen LogP contribution in [0.1, 0.15) is 32.1 Å². The first kappa shape index (κ1) is 6.44. The molecule has 2 nitrogen and oxygen atoms in total. The predicted octanol–water partition coefficient (Wildman–Crippen LogP) is 0.653. The predicted molar refractivity (Wildman–Crippen MR) is 42.3 cm³/mol. The minimum Gasteiger partial charge on any atom is -0.389 e. The van der Waals surface area contributed by atoms with E-state index >= 15 is 0 Å². The molecule has 0 spiro atoms. The van der Waals surface area contributed by atoms with Crippen LogP contribution in [0.15, 0.2) is 0 Å². The second-order valence-electron chi connectivity index (χ2n) is 4.63. The van der Waals surface area contributed by atoms with Crippen LogP contribution in [0.4, 0.5) is 0 Å². The summed E-state index contributed by atoms with van der Waals surface area (Å²) in [6.45, 7) is 1.08. The number of fused-ring (bicyclic) bond motifs is 2. The Morgan fingerprint density at radius 2 is 2.09 bits per heavy atom. The van der Waals surface area contributed by atoms with E-state index in [1.165, 1.54) is 19.3 Å². The molecule has 2 N–H and O–H groups in total. The minimum absolute atomic E-state index is 0.245. The van der Waals surface area contributed by atoms with Crippen molar-refractivity contribution in [2.75, 3.05) is 6.54 Å². The van der Waals surface area contributed by atoms with Gasteiger partial charge in [-0.3, -0.25) is 0 Å². The topological polar surface area (TPSA) is 32.3 Å². The first-order chi connectivity index (χ1) is 5.24. The van der Waals surface area contributed by atoms with Gasteiger partial charge < -0.3 is 10.4 Å². The monoisotopic (exact) mass is 153 g/mol. The normalized spacial score (nSPS) is 51.5. The molecule has 2 aliphatic carbocycles. The van der Waals surface area contributed by atoms with E-state index in [9.17, 15) is 5.11 Å². The third-order valence-corrected chi connectivity index (χ3v) is 4.05. The zero-order valence-corrected chi connectivity index (χ0v) is 6.77. The van der Waals surface area contributed by atoms with Crippen molar-refractivity contribution in [2.24, 2.45) is 5.41 Å². The van der Waals surface area contributed by atoms with Crippen LogP contribution in [0.25, 0.3) is 0 Å². The molecule has 11 heavy (non-hydrogen) atoms. The Hall–Kier alpha value is -0.0800. The van der Waals surface area contributed by atoms with Gasteiger partial charge in [0.15, 0.2) is 0 Å². The van der Waals surface area contributed by atoms with Gasteiger partial charge in [-0.25, -0.2) is 0 Å². The van der Waals surface area contributed by atoms with E-state index in [0.717, 1.165) is 25.4 Å². The smallest absolute Gasteiger partial charge is 0.0718 e. The van der Waals surface area contributed by atoms with Crippen molar-refractivity contribution >= 4 is 0 Å². The summed E-state index contributed by atoms with van der Waals surface area (Å²) in [6.07, 6.45) is 5.91. The molecule has 0 aromatic heterocycles. The van der Waals surface area contributed by atoms with Gasteiger partial charge in [-0.15, -0.1) is 0 Å². The number of hydrogen-bond acceptors (Lipinski definition) is 2. The van der Waals surface area contributed by atoms with E-state index in [1.807, 2.05) is 0 Å². The van der Waals surface area contributed by atoms with Gasteiger partial charge in [0.2, 0.25) is 0 Å². The molecule has 1 heterocycles. The molecule has 1 saturated heterocycles. The van der Waals surface area contributed by atoms with E-state index in [0.29, 0.717) is 5.41 Å². The fourth-order valence-corrected chi connectivity index (χ4v) is 3.04. The van der Waals surface area contributed by atoms with Gasteiger partial charge in [0.05, 0.1) is 5.60 Å².